The third kappa shape index (κ3) is 2.73. The van der Waals surface area contributed by atoms with Gasteiger partial charge in [0.2, 0.25) is 0 Å². The van der Waals surface area contributed by atoms with Crippen molar-refractivity contribution in [1.29, 1.82) is 0 Å². The van der Waals surface area contributed by atoms with E-state index in [0.29, 0.717) is 11.3 Å². The van der Waals surface area contributed by atoms with E-state index in [0.717, 1.165) is 11.1 Å². The molecule has 1 rings (SSSR count). The molecule has 1 aromatic carbocycles. The Balaban J connectivity index is 2.91. The molecule has 0 radical (unpaired) electrons. The predicted molar refractivity (Wildman–Crippen MR) is 59.8 cm³/mol. The number of carbonyl (C=O) groups is 2. The van der Waals surface area contributed by atoms with Crippen molar-refractivity contribution < 1.29 is 14.3 Å². The van der Waals surface area contributed by atoms with Gasteiger partial charge in [0.1, 0.15) is 0 Å². The summed E-state index contributed by atoms with van der Waals surface area (Å²) in [4.78, 5) is 22.0. The first-order chi connectivity index (χ1) is 7.41. The van der Waals surface area contributed by atoms with Crippen LogP contribution in [0.1, 0.15) is 21.5 Å². The van der Waals surface area contributed by atoms with Crippen LogP contribution in [0.5, 0.6) is 0 Å². The van der Waals surface area contributed by atoms with Gasteiger partial charge in [-0.05, 0) is 31.0 Å². The van der Waals surface area contributed by atoms with Crippen LogP contribution in [0, 0.1) is 13.8 Å². The smallest absolute Gasteiger partial charge is 0.338 e. The number of ether oxygens (including phenoxy) is 1. The fourth-order valence-electron chi connectivity index (χ4n) is 1.30. The highest BCUT2D eigenvalue weighted by atomic mass is 16.5. The van der Waals surface area contributed by atoms with Crippen LogP contribution in [-0.4, -0.2) is 18.5 Å². The maximum Gasteiger partial charge on any atom is 0.338 e. The summed E-state index contributed by atoms with van der Waals surface area (Å²) < 4.78 is 4.70. The normalized spacial score (nSPS) is 9.88. The molecule has 0 bridgehead atoms. The SMILES string of the molecule is Cc1cc(C)c(C(=O)OCC(N)=O)cc1N. The van der Waals surface area contributed by atoms with Gasteiger partial charge in [0.25, 0.3) is 5.91 Å². The van der Waals surface area contributed by atoms with Crippen LogP contribution in [0.2, 0.25) is 0 Å². The summed E-state index contributed by atoms with van der Waals surface area (Å²) in [5.74, 6) is -1.28. The van der Waals surface area contributed by atoms with Gasteiger partial charge in [0.15, 0.2) is 6.61 Å². The van der Waals surface area contributed by atoms with E-state index in [1.807, 2.05) is 6.92 Å². The number of anilines is 1. The Morgan fingerprint density at radius 3 is 2.44 bits per heavy atom. The first-order valence-corrected chi connectivity index (χ1v) is 4.74. The number of benzene rings is 1. The quantitative estimate of drug-likeness (QED) is 0.576. The minimum atomic E-state index is -0.689. The Morgan fingerprint density at radius 1 is 1.25 bits per heavy atom. The van der Waals surface area contributed by atoms with Crippen LogP contribution in [0.3, 0.4) is 0 Å². The lowest BCUT2D eigenvalue weighted by Crippen LogP contribution is -2.21. The van der Waals surface area contributed by atoms with Crippen molar-refractivity contribution in [3.05, 3.63) is 28.8 Å². The molecule has 16 heavy (non-hydrogen) atoms. The maximum absolute atomic E-state index is 11.5. The summed E-state index contributed by atoms with van der Waals surface area (Å²) in [5, 5.41) is 0. The third-order valence-corrected chi connectivity index (χ3v) is 2.18. The van der Waals surface area contributed by atoms with Gasteiger partial charge in [-0.2, -0.15) is 0 Å². The molecule has 0 aliphatic rings. The first kappa shape index (κ1) is 12.0. The van der Waals surface area contributed by atoms with Crippen molar-refractivity contribution in [2.45, 2.75) is 13.8 Å². The molecule has 1 amide bonds. The van der Waals surface area contributed by atoms with Crippen molar-refractivity contribution >= 4 is 17.6 Å². The Kier molecular flexibility index (Phi) is 3.50. The minimum absolute atomic E-state index is 0.351. The number of carbonyl (C=O) groups excluding carboxylic acids is 2. The molecule has 0 atom stereocenters. The van der Waals surface area contributed by atoms with Crippen LogP contribution in [0.4, 0.5) is 5.69 Å². The second kappa shape index (κ2) is 4.65. The van der Waals surface area contributed by atoms with E-state index in [-0.39, 0.29) is 0 Å². The molecule has 0 spiro atoms. The lowest BCUT2D eigenvalue weighted by atomic mass is 10.0. The van der Waals surface area contributed by atoms with E-state index >= 15 is 0 Å². The molecule has 4 N–H and O–H groups in total. The van der Waals surface area contributed by atoms with Crippen molar-refractivity contribution in [2.75, 3.05) is 12.3 Å². The summed E-state index contributed by atoms with van der Waals surface area (Å²) >= 11 is 0. The van der Waals surface area contributed by atoms with Gasteiger partial charge in [-0.15, -0.1) is 0 Å². The van der Waals surface area contributed by atoms with Crippen LogP contribution in [0.25, 0.3) is 0 Å². The summed E-state index contributed by atoms with van der Waals surface area (Å²) in [6, 6.07) is 3.32. The van der Waals surface area contributed by atoms with Gasteiger partial charge < -0.3 is 16.2 Å². The van der Waals surface area contributed by atoms with Crippen LogP contribution >= 0.6 is 0 Å². The van der Waals surface area contributed by atoms with Crippen molar-refractivity contribution in [1.82, 2.24) is 0 Å². The highest BCUT2D eigenvalue weighted by Gasteiger charge is 2.13. The summed E-state index contributed by atoms with van der Waals surface area (Å²) in [6.45, 7) is 3.19. The largest absolute Gasteiger partial charge is 0.452 e. The predicted octanol–water partition coefficient (Wildman–Crippen LogP) is 0.528. The fourth-order valence-corrected chi connectivity index (χ4v) is 1.30. The van der Waals surface area contributed by atoms with Gasteiger partial charge in [-0.25, -0.2) is 4.79 Å². The molecule has 0 aliphatic carbocycles. The zero-order valence-electron chi connectivity index (χ0n) is 9.24. The highest BCUT2D eigenvalue weighted by molar-refractivity contribution is 5.93. The van der Waals surface area contributed by atoms with Gasteiger partial charge in [0, 0.05) is 5.69 Å². The first-order valence-electron chi connectivity index (χ1n) is 4.74. The van der Waals surface area contributed by atoms with Crippen molar-refractivity contribution in [2.24, 2.45) is 5.73 Å². The van der Waals surface area contributed by atoms with E-state index in [1.165, 1.54) is 6.07 Å². The molecule has 5 heteroatoms. The average Bonchev–Trinajstić information content (AvgIpc) is 2.20. The van der Waals surface area contributed by atoms with Crippen LogP contribution in [0.15, 0.2) is 12.1 Å². The fraction of sp³-hybridized carbons (Fsp3) is 0.273. The number of rotatable bonds is 3. The van der Waals surface area contributed by atoms with E-state index in [4.69, 9.17) is 16.2 Å². The van der Waals surface area contributed by atoms with Crippen LogP contribution in [-0.2, 0) is 9.53 Å². The molecule has 0 aliphatic heterocycles. The van der Waals surface area contributed by atoms with Gasteiger partial charge >= 0.3 is 5.97 Å². The lowest BCUT2D eigenvalue weighted by molar-refractivity contribution is -0.121. The van der Waals surface area contributed by atoms with E-state index < -0.39 is 18.5 Å². The molecule has 0 saturated heterocycles. The zero-order valence-corrected chi connectivity index (χ0v) is 9.24. The molecule has 1 aromatic rings. The standard InChI is InChI=1S/C11H14N2O3/c1-6-3-7(2)9(12)4-8(6)11(15)16-5-10(13)14/h3-4H,5,12H2,1-2H3,(H2,13,14). The molecular weight excluding hydrogens is 208 g/mol. The minimum Gasteiger partial charge on any atom is -0.452 e. The molecule has 86 valence electrons. The number of hydrogen-bond acceptors (Lipinski definition) is 4. The van der Waals surface area contributed by atoms with Gasteiger partial charge in [-0.3, -0.25) is 4.79 Å². The molecule has 0 fully saturated rings. The third-order valence-electron chi connectivity index (χ3n) is 2.18. The number of hydrogen-bond donors (Lipinski definition) is 2. The molecule has 0 unspecified atom stereocenters. The second-order valence-corrected chi connectivity index (χ2v) is 3.57. The summed E-state index contributed by atoms with van der Waals surface area (Å²) in [7, 11) is 0. The van der Waals surface area contributed by atoms with Gasteiger partial charge in [0.05, 0.1) is 5.56 Å². The van der Waals surface area contributed by atoms with Crippen molar-refractivity contribution in [3.63, 3.8) is 0 Å². The van der Waals surface area contributed by atoms with Gasteiger partial charge in [-0.1, -0.05) is 6.07 Å². The lowest BCUT2D eigenvalue weighted by Gasteiger charge is -2.08. The Hall–Kier alpha value is -2.04. The molecule has 0 heterocycles. The highest BCUT2D eigenvalue weighted by Crippen LogP contribution is 2.18. The average molecular weight is 222 g/mol. The zero-order chi connectivity index (χ0) is 12.3. The Morgan fingerprint density at radius 2 is 1.88 bits per heavy atom. The Labute approximate surface area is 93.4 Å². The maximum atomic E-state index is 11.5. The summed E-state index contributed by atoms with van der Waals surface area (Å²) in [6.07, 6.45) is 0. The number of nitrogens with two attached hydrogens (primary N) is 2. The topological polar surface area (TPSA) is 95.4 Å². The number of nitrogen functional groups attached to an aromatic ring is 1. The number of amides is 1. The monoisotopic (exact) mass is 222 g/mol. The van der Waals surface area contributed by atoms with Crippen LogP contribution < -0.4 is 11.5 Å². The van der Waals surface area contributed by atoms with E-state index in [2.05, 4.69) is 0 Å². The Bertz CT molecular complexity index is 441. The molecule has 0 saturated carbocycles. The number of aryl methyl sites for hydroxylation is 2. The molecule has 5 nitrogen and oxygen atoms in total. The molecule has 0 aromatic heterocycles. The van der Waals surface area contributed by atoms with Crippen molar-refractivity contribution in [3.8, 4) is 0 Å². The number of esters is 1. The van der Waals surface area contributed by atoms with E-state index in [9.17, 15) is 9.59 Å². The number of primary amides is 1. The molecular formula is C11H14N2O3. The second-order valence-electron chi connectivity index (χ2n) is 3.57. The van der Waals surface area contributed by atoms with E-state index in [1.54, 1.807) is 13.0 Å². The summed E-state index contributed by atoms with van der Waals surface area (Å²) in [5.41, 5.74) is 13.1.